The van der Waals surface area contributed by atoms with Crippen molar-refractivity contribution >= 4 is 11.6 Å². The number of carbonyl (C=O) groups is 1. The lowest BCUT2D eigenvalue weighted by Crippen LogP contribution is -2.29. The summed E-state index contributed by atoms with van der Waals surface area (Å²) in [7, 11) is 0. The summed E-state index contributed by atoms with van der Waals surface area (Å²) >= 11 is 0. The van der Waals surface area contributed by atoms with E-state index in [1.807, 2.05) is 26.8 Å². The van der Waals surface area contributed by atoms with E-state index in [1.165, 1.54) is 13.3 Å². The van der Waals surface area contributed by atoms with E-state index in [2.05, 4.69) is 15.3 Å². The number of nitrogens with one attached hydrogen (secondary N) is 1. The lowest BCUT2D eigenvalue weighted by Gasteiger charge is -2.20. The molecule has 0 aliphatic carbocycles. The summed E-state index contributed by atoms with van der Waals surface area (Å²) in [4.78, 5) is 32.4. The fourth-order valence-electron chi connectivity index (χ4n) is 2.71. The monoisotopic (exact) mass is 300 g/mol. The van der Waals surface area contributed by atoms with Gasteiger partial charge in [-0.1, -0.05) is 6.92 Å². The van der Waals surface area contributed by atoms with Crippen LogP contribution < -0.4 is 10.9 Å². The number of pyridine rings is 1. The first kappa shape index (κ1) is 15.9. The standard InChI is InChI=1S/C16H20N4O2/c1-5-12-14(13-7-8-17-9-18-13)10(3)20(6-2)16(22)15(12)19-11(4)21/h7-9H,5-6H2,1-4H3,(H,19,21). The second-order valence-electron chi connectivity index (χ2n) is 4.99. The van der Waals surface area contributed by atoms with Gasteiger partial charge >= 0.3 is 0 Å². The molecular weight excluding hydrogens is 280 g/mol. The molecule has 1 amide bonds. The fourth-order valence-corrected chi connectivity index (χ4v) is 2.71. The molecule has 0 saturated carbocycles. The highest BCUT2D eigenvalue weighted by Gasteiger charge is 2.20. The molecule has 2 aromatic rings. The van der Waals surface area contributed by atoms with Crippen molar-refractivity contribution in [2.75, 3.05) is 5.32 Å². The van der Waals surface area contributed by atoms with Crippen LogP contribution in [0.1, 0.15) is 32.0 Å². The van der Waals surface area contributed by atoms with Crippen LogP contribution >= 0.6 is 0 Å². The van der Waals surface area contributed by atoms with Crippen molar-refractivity contribution in [2.45, 2.75) is 40.7 Å². The summed E-state index contributed by atoms with van der Waals surface area (Å²) in [6.07, 6.45) is 3.77. The van der Waals surface area contributed by atoms with E-state index in [9.17, 15) is 9.59 Å². The molecule has 2 heterocycles. The first-order valence-corrected chi connectivity index (χ1v) is 7.31. The largest absolute Gasteiger partial charge is 0.321 e. The van der Waals surface area contributed by atoms with Crippen molar-refractivity contribution in [3.63, 3.8) is 0 Å². The number of anilines is 1. The van der Waals surface area contributed by atoms with Gasteiger partial charge in [-0.15, -0.1) is 0 Å². The molecular formula is C16H20N4O2. The van der Waals surface area contributed by atoms with Crippen molar-refractivity contribution in [1.82, 2.24) is 14.5 Å². The third-order valence-corrected chi connectivity index (χ3v) is 3.64. The number of aromatic nitrogens is 3. The summed E-state index contributed by atoms with van der Waals surface area (Å²) in [5, 5.41) is 2.69. The Bertz CT molecular complexity index is 751. The van der Waals surface area contributed by atoms with Crippen LogP contribution in [-0.4, -0.2) is 20.4 Å². The first-order chi connectivity index (χ1) is 10.5. The van der Waals surface area contributed by atoms with Crippen LogP contribution in [0.3, 0.4) is 0 Å². The molecule has 2 aromatic heterocycles. The van der Waals surface area contributed by atoms with Crippen LogP contribution in [0.15, 0.2) is 23.4 Å². The molecule has 0 spiro atoms. The van der Waals surface area contributed by atoms with E-state index >= 15 is 0 Å². The Morgan fingerprint density at radius 2 is 2.09 bits per heavy atom. The topological polar surface area (TPSA) is 76.9 Å². The van der Waals surface area contributed by atoms with E-state index in [4.69, 9.17) is 0 Å². The fraction of sp³-hybridized carbons (Fsp3) is 0.375. The van der Waals surface area contributed by atoms with Gasteiger partial charge in [-0.2, -0.15) is 0 Å². The zero-order valence-corrected chi connectivity index (χ0v) is 13.3. The molecule has 2 rings (SSSR count). The van der Waals surface area contributed by atoms with Gasteiger partial charge in [0.25, 0.3) is 5.56 Å². The number of rotatable bonds is 4. The Kier molecular flexibility index (Phi) is 4.70. The Morgan fingerprint density at radius 3 is 2.59 bits per heavy atom. The van der Waals surface area contributed by atoms with Gasteiger partial charge < -0.3 is 9.88 Å². The first-order valence-electron chi connectivity index (χ1n) is 7.31. The second-order valence-corrected chi connectivity index (χ2v) is 4.99. The molecule has 6 nitrogen and oxygen atoms in total. The zero-order valence-electron chi connectivity index (χ0n) is 13.3. The van der Waals surface area contributed by atoms with E-state index in [-0.39, 0.29) is 11.5 Å². The molecule has 22 heavy (non-hydrogen) atoms. The van der Waals surface area contributed by atoms with Crippen LogP contribution in [-0.2, 0) is 17.8 Å². The third-order valence-electron chi connectivity index (χ3n) is 3.64. The summed E-state index contributed by atoms with van der Waals surface area (Å²) < 4.78 is 1.65. The van der Waals surface area contributed by atoms with Gasteiger partial charge in [-0.25, -0.2) is 9.97 Å². The summed E-state index contributed by atoms with van der Waals surface area (Å²) in [5.41, 5.74) is 3.45. The molecule has 0 aliphatic heterocycles. The van der Waals surface area contributed by atoms with Gasteiger partial charge in [0.15, 0.2) is 0 Å². The Labute approximate surface area is 129 Å². The maximum Gasteiger partial charge on any atom is 0.274 e. The molecule has 0 aromatic carbocycles. The number of hydrogen-bond donors (Lipinski definition) is 1. The average molecular weight is 300 g/mol. The van der Waals surface area contributed by atoms with E-state index < -0.39 is 0 Å². The van der Waals surface area contributed by atoms with E-state index in [0.717, 1.165) is 22.5 Å². The van der Waals surface area contributed by atoms with Crippen LogP contribution in [0.2, 0.25) is 0 Å². The minimum atomic E-state index is -0.257. The molecule has 0 unspecified atom stereocenters. The van der Waals surface area contributed by atoms with Gasteiger partial charge in [0.2, 0.25) is 5.91 Å². The molecule has 0 bridgehead atoms. The SMILES string of the molecule is CCc1c(-c2ccncn2)c(C)n(CC)c(=O)c1NC(C)=O. The average Bonchev–Trinajstić information content (AvgIpc) is 2.50. The molecule has 1 N–H and O–H groups in total. The van der Waals surface area contributed by atoms with Crippen LogP contribution in [0.25, 0.3) is 11.3 Å². The number of carbonyl (C=O) groups excluding carboxylic acids is 1. The van der Waals surface area contributed by atoms with Gasteiger partial charge in [-0.3, -0.25) is 9.59 Å². The highest BCUT2D eigenvalue weighted by Crippen LogP contribution is 2.29. The van der Waals surface area contributed by atoms with Crippen molar-refractivity contribution < 1.29 is 4.79 Å². The third kappa shape index (κ3) is 2.77. The Balaban J connectivity index is 2.87. The normalized spacial score (nSPS) is 10.5. The van der Waals surface area contributed by atoms with Crippen molar-refractivity contribution in [3.8, 4) is 11.3 Å². The van der Waals surface area contributed by atoms with Gasteiger partial charge in [0.05, 0.1) is 5.69 Å². The Morgan fingerprint density at radius 1 is 1.36 bits per heavy atom. The molecule has 0 fully saturated rings. The van der Waals surface area contributed by atoms with Crippen LogP contribution in [0.4, 0.5) is 5.69 Å². The smallest absolute Gasteiger partial charge is 0.274 e. The number of amides is 1. The molecule has 116 valence electrons. The van der Waals surface area contributed by atoms with E-state index in [0.29, 0.717) is 18.7 Å². The highest BCUT2D eigenvalue weighted by atomic mass is 16.2. The summed E-state index contributed by atoms with van der Waals surface area (Å²) in [6, 6.07) is 1.81. The van der Waals surface area contributed by atoms with Crippen molar-refractivity contribution in [1.29, 1.82) is 0 Å². The summed E-state index contributed by atoms with van der Waals surface area (Å²) in [6.45, 7) is 7.69. The van der Waals surface area contributed by atoms with Crippen LogP contribution in [0.5, 0.6) is 0 Å². The lowest BCUT2D eigenvalue weighted by atomic mass is 9.98. The maximum absolute atomic E-state index is 12.6. The Hall–Kier alpha value is -2.50. The predicted octanol–water partition coefficient (Wildman–Crippen LogP) is 2.15. The molecule has 0 saturated heterocycles. The number of hydrogen-bond acceptors (Lipinski definition) is 4. The van der Waals surface area contributed by atoms with E-state index in [1.54, 1.807) is 10.8 Å². The van der Waals surface area contributed by atoms with Crippen LogP contribution in [0, 0.1) is 6.92 Å². The van der Waals surface area contributed by atoms with Gasteiger partial charge in [0.1, 0.15) is 12.0 Å². The highest BCUT2D eigenvalue weighted by molar-refractivity contribution is 5.91. The molecule has 0 atom stereocenters. The second kappa shape index (κ2) is 6.51. The summed E-state index contributed by atoms with van der Waals surface area (Å²) in [5.74, 6) is -0.257. The molecule has 6 heteroatoms. The zero-order chi connectivity index (χ0) is 16.3. The van der Waals surface area contributed by atoms with Crippen molar-refractivity contribution in [2.24, 2.45) is 0 Å². The lowest BCUT2D eigenvalue weighted by molar-refractivity contribution is -0.114. The minimum absolute atomic E-state index is 0.176. The molecule has 0 radical (unpaired) electrons. The molecule has 0 aliphatic rings. The van der Waals surface area contributed by atoms with Gasteiger partial charge in [-0.05, 0) is 31.9 Å². The maximum atomic E-state index is 12.6. The predicted molar refractivity (Wildman–Crippen MR) is 85.8 cm³/mol. The van der Waals surface area contributed by atoms with Gasteiger partial charge in [0, 0.05) is 30.9 Å². The van der Waals surface area contributed by atoms with Crippen molar-refractivity contribution in [3.05, 3.63) is 40.2 Å². The quantitative estimate of drug-likeness (QED) is 0.938. The minimum Gasteiger partial charge on any atom is -0.321 e. The number of nitrogens with zero attached hydrogens (tertiary/aromatic N) is 3.